The molecule has 3 nitrogen and oxygen atoms in total. The van der Waals surface area contributed by atoms with Gasteiger partial charge in [-0.15, -0.1) is 10.2 Å². The Hall–Kier alpha value is -1.42. The standard InChI is InChI=1S/C11H8BrN3/c1-7-13-14-11-5-3-8-2-4-9(12)6-10(8)15(7)11/h2-6H,1H3. The molecule has 0 unspecified atom stereocenters. The number of hydrogen-bond donors (Lipinski definition) is 0. The highest BCUT2D eigenvalue weighted by Gasteiger charge is 2.04. The third-order valence-electron chi connectivity index (χ3n) is 2.50. The minimum Gasteiger partial charge on any atom is -0.279 e. The summed E-state index contributed by atoms with van der Waals surface area (Å²) in [7, 11) is 0. The number of rotatable bonds is 0. The Morgan fingerprint density at radius 1 is 1.13 bits per heavy atom. The zero-order chi connectivity index (χ0) is 10.4. The zero-order valence-corrected chi connectivity index (χ0v) is 9.69. The van der Waals surface area contributed by atoms with Crippen LogP contribution in [0.3, 0.4) is 0 Å². The third-order valence-corrected chi connectivity index (χ3v) is 2.99. The van der Waals surface area contributed by atoms with Gasteiger partial charge in [-0.3, -0.25) is 4.40 Å². The van der Waals surface area contributed by atoms with Gasteiger partial charge in [0.15, 0.2) is 5.65 Å². The number of hydrogen-bond acceptors (Lipinski definition) is 2. The number of fused-ring (bicyclic) bond motifs is 3. The lowest BCUT2D eigenvalue weighted by molar-refractivity contribution is 1.02. The average Bonchev–Trinajstić information content (AvgIpc) is 2.60. The van der Waals surface area contributed by atoms with Crippen molar-refractivity contribution in [1.82, 2.24) is 14.6 Å². The van der Waals surface area contributed by atoms with E-state index in [1.165, 1.54) is 5.39 Å². The van der Waals surface area contributed by atoms with Crippen LogP contribution in [0.1, 0.15) is 5.82 Å². The fourth-order valence-electron chi connectivity index (χ4n) is 1.80. The molecular formula is C11H8BrN3. The van der Waals surface area contributed by atoms with E-state index in [1.54, 1.807) is 0 Å². The largest absolute Gasteiger partial charge is 0.279 e. The Labute approximate surface area is 94.9 Å². The second kappa shape index (κ2) is 3.03. The molecule has 0 saturated heterocycles. The van der Waals surface area contributed by atoms with Crippen LogP contribution in [0.4, 0.5) is 0 Å². The first-order valence-electron chi connectivity index (χ1n) is 4.66. The molecule has 3 rings (SSSR count). The topological polar surface area (TPSA) is 30.2 Å². The smallest absolute Gasteiger partial charge is 0.161 e. The van der Waals surface area contributed by atoms with Crippen LogP contribution in [-0.4, -0.2) is 14.6 Å². The highest BCUT2D eigenvalue weighted by atomic mass is 79.9. The van der Waals surface area contributed by atoms with Gasteiger partial charge in [0, 0.05) is 4.47 Å². The SMILES string of the molecule is Cc1nnc2ccc3ccc(Br)cc3n12. The Bertz CT molecular complexity index is 657. The number of benzene rings is 1. The maximum atomic E-state index is 4.10. The minimum absolute atomic E-state index is 0.887. The van der Waals surface area contributed by atoms with E-state index in [9.17, 15) is 0 Å². The van der Waals surface area contributed by atoms with Crippen molar-refractivity contribution >= 4 is 32.5 Å². The molecule has 74 valence electrons. The molecule has 0 radical (unpaired) electrons. The van der Waals surface area contributed by atoms with Crippen molar-refractivity contribution in [1.29, 1.82) is 0 Å². The molecule has 4 heteroatoms. The summed E-state index contributed by atoms with van der Waals surface area (Å²) in [6, 6.07) is 10.2. The summed E-state index contributed by atoms with van der Waals surface area (Å²) in [5.41, 5.74) is 2.02. The molecule has 2 aromatic heterocycles. The highest BCUT2D eigenvalue weighted by molar-refractivity contribution is 9.10. The Morgan fingerprint density at radius 3 is 2.80 bits per heavy atom. The maximum Gasteiger partial charge on any atom is 0.161 e. The summed E-state index contributed by atoms with van der Waals surface area (Å²) in [5.74, 6) is 0.911. The first kappa shape index (κ1) is 8.85. The molecule has 0 N–H and O–H groups in total. The van der Waals surface area contributed by atoms with Gasteiger partial charge in [0.1, 0.15) is 5.82 Å². The number of pyridine rings is 1. The molecule has 15 heavy (non-hydrogen) atoms. The van der Waals surface area contributed by atoms with Gasteiger partial charge >= 0.3 is 0 Å². The van der Waals surface area contributed by atoms with Crippen LogP contribution < -0.4 is 0 Å². The number of aryl methyl sites for hydroxylation is 1. The molecule has 0 aliphatic rings. The van der Waals surface area contributed by atoms with E-state index >= 15 is 0 Å². The van der Waals surface area contributed by atoms with Gasteiger partial charge in [-0.2, -0.15) is 0 Å². The third kappa shape index (κ3) is 1.25. The highest BCUT2D eigenvalue weighted by Crippen LogP contribution is 2.21. The van der Waals surface area contributed by atoms with Crippen molar-refractivity contribution in [3.8, 4) is 0 Å². The molecule has 0 amide bonds. The predicted octanol–water partition coefficient (Wildman–Crippen LogP) is 2.95. The fraction of sp³-hybridized carbons (Fsp3) is 0.0909. The zero-order valence-electron chi connectivity index (χ0n) is 8.11. The quantitative estimate of drug-likeness (QED) is 0.623. The summed E-state index contributed by atoms with van der Waals surface area (Å²) in [6.07, 6.45) is 0. The van der Waals surface area contributed by atoms with Crippen LogP contribution in [0.5, 0.6) is 0 Å². The molecule has 0 saturated carbocycles. The van der Waals surface area contributed by atoms with E-state index in [0.29, 0.717) is 0 Å². The first-order chi connectivity index (χ1) is 7.25. The second-order valence-corrected chi connectivity index (χ2v) is 4.39. The van der Waals surface area contributed by atoms with Crippen LogP contribution in [-0.2, 0) is 0 Å². The summed E-state index contributed by atoms with van der Waals surface area (Å²) < 4.78 is 3.12. The lowest BCUT2D eigenvalue weighted by atomic mass is 10.2. The summed E-state index contributed by atoms with van der Waals surface area (Å²) >= 11 is 3.48. The minimum atomic E-state index is 0.887. The van der Waals surface area contributed by atoms with Crippen LogP contribution in [0.25, 0.3) is 16.6 Å². The maximum absolute atomic E-state index is 4.10. The van der Waals surface area contributed by atoms with E-state index in [1.807, 2.05) is 19.1 Å². The Morgan fingerprint density at radius 2 is 1.93 bits per heavy atom. The summed E-state index contributed by atoms with van der Waals surface area (Å²) in [4.78, 5) is 0. The fourth-order valence-corrected chi connectivity index (χ4v) is 2.15. The molecule has 0 bridgehead atoms. The van der Waals surface area contributed by atoms with Gasteiger partial charge in [-0.05, 0) is 36.6 Å². The van der Waals surface area contributed by atoms with Crippen molar-refractivity contribution in [2.75, 3.05) is 0 Å². The van der Waals surface area contributed by atoms with Gasteiger partial charge < -0.3 is 0 Å². The van der Waals surface area contributed by atoms with Crippen molar-refractivity contribution in [3.05, 3.63) is 40.6 Å². The molecule has 2 heterocycles. The molecule has 0 atom stereocenters. The summed E-state index contributed by atoms with van der Waals surface area (Å²) in [6.45, 7) is 1.96. The molecule has 0 fully saturated rings. The van der Waals surface area contributed by atoms with Crippen molar-refractivity contribution < 1.29 is 0 Å². The van der Waals surface area contributed by atoms with E-state index in [2.05, 4.69) is 48.7 Å². The van der Waals surface area contributed by atoms with Crippen LogP contribution in [0.2, 0.25) is 0 Å². The van der Waals surface area contributed by atoms with Gasteiger partial charge in [0.05, 0.1) is 5.52 Å². The van der Waals surface area contributed by atoms with Crippen LogP contribution >= 0.6 is 15.9 Å². The van der Waals surface area contributed by atoms with E-state index < -0.39 is 0 Å². The molecule has 3 aromatic rings. The lowest BCUT2D eigenvalue weighted by Gasteiger charge is -2.02. The van der Waals surface area contributed by atoms with E-state index in [4.69, 9.17) is 0 Å². The van der Waals surface area contributed by atoms with Crippen LogP contribution in [0, 0.1) is 6.92 Å². The number of aromatic nitrogens is 3. The first-order valence-corrected chi connectivity index (χ1v) is 5.45. The molecule has 0 aliphatic carbocycles. The van der Waals surface area contributed by atoms with Gasteiger partial charge in [0.25, 0.3) is 0 Å². The number of halogens is 1. The van der Waals surface area contributed by atoms with Crippen molar-refractivity contribution in [3.63, 3.8) is 0 Å². The van der Waals surface area contributed by atoms with Gasteiger partial charge in [-0.1, -0.05) is 22.0 Å². The Kier molecular flexibility index (Phi) is 1.79. The van der Waals surface area contributed by atoms with Gasteiger partial charge in [0.2, 0.25) is 0 Å². The summed E-state index contributed by atoms with van der Waals surface area (Å²) in [5, 5.41) is 9.36. The second-order valence-electron chi connectivity index (χ2n) is 3.48. The van der Waals surface area contributed by atoms with Crippen molar-refractivity contribution in [2.24, 2.45) is 0 Å². The van der Waals surface area contributed by atoms with E-state index in [0.717, 1.165) is 21.5 Å². The molecule has 0 spiro atoms. The van der Waals surface area contributed by atoms with E-state index in [-0.39, 0.29) is 0 Å². The molecule has 1 aromatic carbocycles. The van der Waals surface area contributed by atoms with Crippen LogP contribution in [0.15, 0.2) is 34.8 Å². The average molecular weight is 262 g/mol. The molecule has 0 aliphatic heterocycles. The lowest BCUT2D eigenvalue weighted by Crippen LogP contribution is -1.90. The molecular weight excluding hydrogens is 254 g/mol. The van der Waals surface area contributed by atoms with Gasteiger partial charge in [-0.25, -0.2) is 0 Å². The normalized spacial score (nSPS) is 11.3. The van der Waals surface area contributed by atoms with Crippen molar-refractivity contribution in [2.45, 2.75) is 6.92 Å². The predicted molar refractivity (Wildman–Crippen MR) is 62.9 cm³/mol. The Balaban J connectivity index is 2.61. The number of nitrogens with zero attached hydrogens (tertiary/aromatic N) is 3. The monoisotopic (exact) mass is 261 g/mol.